The summed E-state index contributed by atoms with van der Waals surface area (Å²) < 4.78 is 57.2. The van der Waals surface area contributed by atoms with E-state index in [9.17, 15) is 22.4 Å². The number of benzene rings is 3. The van der Waals surface area contributed by atoms with Crippen LogP contribution in [0.4, 0.5) is 17.6 Å². The molecule has 13 heteroatoms. The highest BCUT2D eigenvalue weighted by atomic mass is 35.5. The fraction of sp³-hybridized carbons (Fsp3) is 0.296. The fourth-order valence-electron chi connectivity index (χ4n) is 4.24. The van der Waals surface area contributed by atoms with E-state index in [0.29, 0.717) is 35.8 Å². The molecule has 0 spiro atoms. The molecule has 1 atom stereocenters. The number of carbonyl (C=O) groups excluding carboxylic acids is 1. The van der Waals surface area contributed by atoms with E-state index in [1.165, 1.54) is 18.3 Å². The highest BCUT2D eigenvalue weighted by molar-refractivity contribution is 6.35. The Hall–Kier alpha value is -3.41. The number of aliphatic hydroxyl groups is 1. The van der Waals surface area contributed by atoms with E-state index in [1.54, 1.807) is 24.3 Å². The minimum atomic E-state index is -4.96. The number of hydrogen-bond donors (Lipinski definition) is 2. The van der Waals surface area contributed by atoms with Crippen molar-refractivity contribution in [1.82, 2.24) is 5.32 Å². The van der Waals surface area contributed by atoms with Crippen LogP contribution in [-0.4, -0.2) is 48.9 Å². The molecule has 40 heavy (non-hydrogen) atoms. The summed E-state index contributed by atoms with van der Waals surface area (Å²) in [4.78, 5) is 22.9. The first kappa shape index (κ1) is 29.6. The lowest BCUT2D eigenvalue weighted by Gasteiger charge is -2.29. The van der Waals surface area contributed by atoms with Gasteiger partial charge < -0.3 is 20.1 Å². The molecule has 3 aromatic rings. The van der Waals surface area contributed by atoms with Gasteiger partial charge in [-0.3, -0.25) is 4.79 Å². The second-order valence-electron chi connectivity index (χ2n) is 8.85. The normalized spacial score (nSPS) is 17.2. The molecule has 2 N–H and O–H groups in total. The van der Waals surface area contributed by atoms with Gasteiger partial charge in [-0.05, 0) is 41.8 Å². The zero-order valence-corrected chi connectivity index (χ0v) is 22.3. The minimum absolute atomic E-state index is 0.0254. The van der Waals surface area contributed by atoms with E-state index in [1.807, 2.05) is 0 Å². The van der Waals surface area contributed by atoms with Gasteiger partial charge in [0.2, 0.25) is 0 Å². The molecule has 0 aromatic heterocycles. The first-order valence-corrected chi connectivity index (χ1v) is 12.9. The molecule has 1 aliphatic rings. The maximum absolute atomic E-state index is 14.4. The average Bonchev–Trinajstić information content (AvgIpc) is 3.39. The molecule has 7 nitrogen and oxygen atoms in total. The predicted molar refractivity (Wildman–Crippen MR) is 143 cm³/mol. The summed E-state index contributed by atoms with van der Waals surface area (Å²) in [5.74, 6) is -1.47. The highest BCUT2D eigenvalue weighted by Gasteiger charge is 2.62. The molecule has 1 heterocycles. The number of oxime groups is 2. The third-order valence-electron chi connectivity index (χ3n) is 6.26. The zero-order chi connectivity index (χ0) is 28.9. The first-order chi connectivity index (χ1) is 19.1. The van der Waals surface area contributed by atoms with Crippen molar-refractivity contribution >= 4 is 51.8 Å². The Balaban J connectivity index is 1.58. The summed E-state index contributed by atoms with van der Waals surface area (Å²) in [6.07, 6.45) is -3.07. The number of carbonyl (C=O) groups is 1. The molecule has 1 unspecified atom stereocenters. The van der Waals surface area contributed by atoms with Crippen LogP contribution >= 0.6 is 23.2 Å². The summed E-state index contributed by atoms with van der Waals surface area (Å²) in [5, 5.41) is 18.7. The van der Waals surface area contributed by atoms with Crippen LogP contribution in [0.1, 0.15) is 40.7 Å². The monoisotopic (exact) mass is 599 g/mol. The Bertz CT molecular complexity index is 1440. The molecular weight excluding hydrogens is 577 g/mol. The predicted octanol–water partition coefficient (Wildman–Crippen LogP) is 6.37. The second kappa shape index (κ2) is 12.4. The van der Waals surface area contributed by atoms with Crippen molar-refractivity contribution in [2.24, 2.45) is 10.3 Å². The Morgan fingerprint density at radius 3 is 2.52 bits per heavy atom. The lowest BCUT2D eigenvalue weighted by atomic mass is 9.85. The molecule has 0 radical (unpaired) electrons. The SMILES string of the molecule is O=C(NCC=NOCCCCO)c1ccc(C2=NOC(c3cc(Cl)c(F)c(Cl)c3)(C(F)(F)F)C2)c2ccccc12. The third kappa shape index (κ3) is 6.01. The smallest absolute Gasteiger partial charge is 0.396 e. The van der Waals surface area contributed by atoms with Crippen LogP contribution in [0.5, 0.6) is 0 Å². The molecule has 212 valence electrons. The van der Waals surface area contributed by atoms with Gasteiger partial charge in [-0.25, -0.2) is 4.39 Å². The molecule has 4 rings (SSSR count). The largest absolute Gasteiger partial charge is 0.435 e. The van der Waals surface area contributed by atoms with Crippen LogP contribution < -0.4 is 5.32 Å². The Morgan fingerprint density at radius 2 is 1.85 bits per heavy atom. The molecule has 0 bridgehead atoms. The molecule has 1 aliphatic heterocycles. The van der Waals surface area contributed by atoms with Crippen molar-refractivity contribution in [3.8, 4) is 0 Å². The number of rotatable bonds is 10. The van der Waals surface area contributed by atoms with Crippen LogP contribution in [0.3, 0.4) is 0 Å². The zero-order valence-electron chi connectivity index (χ0n) is 20.8. The first-order valence-electron chi connectivity index (χ1n) is 12.1. The topological polar surface area (TPSA) is 92.5 Å². The highest BCUT2D eigenvalue weighted by Crippen LogP contribution is 2.50. The van der Waals surface area contributed by atoms with Crippen molar-refractivity contribution in [3.05, 3.63) is 81.1 Å². The summed E-state index contributed by atoms with van der Waals surface area (Å²) in [6, 6.07) is 11.3. The molecule has 0 aliphatic carbocycles. The Labute approximate surface area is 236 Å². The van der Waals surface area contributed by atoms with Crippen LogP contribution in [0, 0.1) is 5.82 Å². The van der Waals surface area contributed by atoms with Crippen LogP contribution in [0.2, 0.25) is 10.0 Å². The van der Waals surface area contributed by atoms with E-state index < -0.39 is 45.5 Å². The van der Waals surface area contributed by atoms with Gasteiger partial charge in [0.05, 0.1) is 28.5 Å². The Kier molecular flexibility index (Phi) is 9.17. The quantitative estimate of drug-likeness (QED) is 0.0930. The van der Waals surface area contributed by atoms with Crippen LogP contribution in [0.15, 0.2) is 58.8 Å². The summed E-state index contributed by atoms with van der Waals surface area (Å²) in [6.45, 7) is 0.478. The van der Waals surface area contributed by atoms with E-state index in [-0.39, 0.29) is 24.4 Å². The summed E-state index contributed by atoms with van der Waals surface area (Å²) in [7, 11) is 0. The van der Waals surface area contributed by atoms with Gasteiger partial charge in [0.1, 0.15) is 6.61 Å². The number of nitrogens with one attached hydrogen (secondary N) is 1. The summed E-state index contributed by atoms with van der Waals surface area (Å²) in [5.41, 5.74) is -2.84. The van der Waals surface area contributed by atoms with Crippen molar-refractivity contribution in [2.45, 2.75) is 31.0 Å². The van der Waals surface area contributed by atoms with E-state index in [0.717, 1.165) is 12.1 Å². The number of amides is 1. The fourth-order valence-corrected chi connectivity index (χ4v) is 4.73. The van der Waals surface area contributed by atoms with Crippen molar-refractivity contribution < 1.29 is 37.1 Å². The van der Waals surface area contributed by atoms with Gasteiger partial charge in [0.15, 0.2) is 5.82 Å². The van der Waals surface area contributed by atoms with Crippen LogP contribution in [0.25, 0.3) is 10.8 Å². The standard InChI is InChI=1S/C27H23Cl2F4N3O4/c28-21-13-16(14-22(29)24(21)30)26(27(31,32)33)15-23(36-40-26)19-7-8-20(18-6-2-1-5-17(18)19)25(38)34-9-10-35-39-12-4-3-11-37/h1-2,5-8,10,13-14,37H,3-4,9,11-12,15H2,(H,34,38). The number of aliphatic hydroxyl groups excluding tert-OH is 1. The second-order valence-corrected chi connectivity index (χ2v) is 9.67. The number of nitrogens with zero attached hydrogens (tertiary/aromatic N) is 2. The molecular formula is C27H23Cl2F4N3O4. The number of unbranched alkanes of at least 4 members (excludes halogenated alkanes) is 1. The number of halogens is 6. The molecule has 3 aromatic carbocycles. The van der Waals surface area contributed by atoms with Gasteiger partial charge in [0, 0.05) is 29.7 Å². The molecule has 0 fully saturated rings. The third-order valence-corrected chi connectivity index (χ3v) is 6.81. The molecule has 0 saturated heterocycles. The lowest BCUT2D eigenvalue weighted by molar-refractivity contribution is -0.275. The van der Waals surface area contributed by atoms with Crippen molar-refractivity contribution in [2.75, 3.05) is 19.8 Å². The van der Waals surface area contributed by atoms with Gasteiger partial charge in [-0.15, -0.1) is 0 Å². The number of alkyl halides is 3. The van der Waals surface area contributed by atoms with Gasteiger partial charge >= 0.3 is 6.18 Å². The summed E-state index contributed by atoms with van der Waals surface area (Å²) >= 11 is 11.6. The van der Waals surface area contributed by atoms with Gasteiger partial charge in [-0.1, -0.05) is 63.8 Å². The van der Waals surface area contributed by atoms with Crippen LogP contribution in [-0.2, 0) is 15.3 Å². The van der Waals surface area contributed by atoms with Gasteiger partial charge in [0.25, 0.3) is 11.5 Å². The maximum Gasteiger partial charge on any atom is 0.435 e. The Morgan fingerprint density at radius 1 is 1.15 bits per heavy atom. The minimum Gasteiger partial charge on any atom is -0.396 e. The van der Waals surface area contributed by atoms with E-state index >= 15 is 0 Å². The van der Waals surface area contributed by atoms with Crippen molar-refractivity contribution in [1.29, 1.82) is 0 Å². The number of hydrogen-bond acceptors (Lipinski definition) is 6. The average molecular weight is 600 g/mol. The van der Waals surface area contributed by atoms with E-state index in [4.69, 9.17) is 38.0 Å². The maximum atomic E-state index is 14.4. The number of fused-ring (bicyclic) bond motifs is 1. The molecule has 0 saturated carbocycles. The molecule has 1 amide bonds. The van der Waals surface area contributed by atoms with Gasteiger partial charge in [-0.2, -0.15) is 13.2 Å². The lowest BCUT2D eigenvalue weighted by Crippen LogP contribution is -2.42. The van der Waals surface area contributed by atoms with Crippen molar-refractivity contribution in [3.63, 3.8) is 0 Å². The van der Waals surface area contributed by atoms with E-state index in [2.05, 4.69) is 15.6 Å².